The third kappa shape index (κ3) is 8.75. The molecule has 0 N–H and O–H groups in total. The first-order valence-corrected chi connectivity index (χ1v) is 27.8. The van der Waals surface area contributed by atoms with Crippen molar-refractivity contribution in [3.63, 3.8) is 0 Å². The van der Waals surface area contributed by atoms with Crippen LogP contribution < -0.4 is 4.90 Å². The van der Waals surface area contributed by atoms with Crippen molar-refractivity contribution in [2.45, 2.75) is 0 Å². The molecule has 0 aliphatic rings. The summed E-state index contributed by atoms with van der Waals surface area (Å²) in [7, 11) is 0. The number of hydrogen-bond acceptors (Lipinski definition) is 1. The van der Waals surface area contributed by atoms with Gasteiger partial charge in [0.1, 0.15) is 0 Å². The van der Waals surface area contributed by atoms with E-state index in [0.29, 0.717) is 0 Å². The van der Waals surface area contributed by atoms with Crippen molar-refractivity contribution >= 4 is 60.7 Å². The van der Waals surface area contributed by atoms with E-state index in [1.54, 1.807) is 0 Å². The zero-order valence-corrected chi connectivity index (χ0v) is 44.4. The van der Waals surface area contributed by atoms with E-state index in [9.17, 15) is 0 Å². The minimum Gasteiger partial charge on any atom is -0.311 e. The summed E-state index contributed by atoms with van der Waals surface area (Å²) in [6.07, 6.45) is 0. The Kier molecular flexibility index (Phi) is 11.9. The fourth-order valence-electron chi connectivity index (χ4n) is 12.1. The second-order valence-electron chi connectivity index (χ2n) is 20.9. The quantitative estimate of drug-likeness (QED) is 0.126. The lowest BCUT2D eigenvalue weighted by molar-refractivity contribution is 1.18. The molecule has 0 aliphatic heterocycles. The highest BCUT2D eigenvalue weighted by molar-refractivity contribution is 6.11. The van der Waals surface area contributed by atoms with Gasteiger partial charge in [0.15, 0.2) is 0 Å². The summed E-state index contributed by atoms with van der Waals surface area (Å²) in [6, 6.07) is 117. The molecule has 0 fully saturated rings. The number of fused-ring (bicyclic) bond motifs is 6. The zero-order valence-electron chi connectivity index (χ0n) is 44.4. The third-order valence-electron chi connectivity index (χ3n) is 16.1. The van der Waals surface area contributed by atoms with E-state index in [4.69, 9.17) is 0 Å². The summed E-state index contributed by atoms with van der Waals surface area (Å²) in [5.74, 6) is 0. The predicted octanol–water partition coefficient (Wildman–Crippen LogP) is 21.4. The predicted molar refractivity (Wildman–Crippen MR) is 342 cm³/mol. The molecule has 0 saturated heterocycles. The molecule has 81 heavy (non-hydrogen) atoms. The second kappa shape index (κ2) is 20.2. The molecule has 0 spiro atoms. The molecule has 380 valence electrons. The number of anilines is 3. The van der Waals surface area contributed by atoms with Gasteiger partial charge in [-0.2, -0.15) is 0 Å². The van der Waals surface area contributed by atoms with Crippen LogP contribution in [0.1, 0.15) is 0 Å². The average molecular weight is 1030 g/mol. The van der Waals surface area contributed by atoms with Crippen molar-refractivity contribution in [3.05, 3.63) is 322 Å². The third-order valence-corrected chi connectivity index (χ3v) is 16.1. The van der Waals surface area contributed by atoms with Crippen LogP contribution in [0.3, 0.4) is 0 Å². The van der Waals surface area contributed by atoms with Crippen LogP contribution in [0.4, 0.5) is 17.1 Å². The monoisotopic (exact) mass is 1030 g/mol. The smallest absolute Gasteiger partial charge is 0.0547 e. The summed E-state index contributed by atoms with van der Waals surface area (Å²) < 4.78 is 4.81. The first kappa shape index (κ1) is 47.5. The first-order valence-electron chi connectivity index (χ1n) is 27.8. The standard InChI is InChI=1S/C78H53N3/c1-5-17-54(18-6-1)57-33-41-68(42-34-57)79(69-43-35-58(36-44-69)55-19-7-2-8-20-55)70-45-37-59(38-46-70)56-29-31-60(32-30-56)63-49-64(61-39-47-73-71-25-13-15-27-75(71)80(77(73)52-61)66-21-9-3-10-22-66)51-65(50-63)62-40-48-74-72-26-14-16-28-76(72)81(78(74)53-62)67-23-11-4-12-24-67/h1-53H. The number of rotatable bonds is 11. The van der Waals surface area contributed by atoms with Crippen molar-refractivity contribution in [1.82, 2.24) is 9.13 Å². The SMILES string of the molecule is c1ccc(-c2ccc(N(c3ccc(-c4ccccc4)cc3)c3ccc(-c4ccc(-c5cc(-c6ccc7c8ccccc8n(-c8ccccc8)c7c6)cc(-c6ccc7c8ccccc8n(-c8ccccc8)c7c6)c5)cc4)cc3)cc2)cc1. The molecule has 0 saturated carbocycles. The van der Waals surface area contributed by atoms with Gasteiger partial charge in [-0.1, -0.05) is 218 Å². The summed E-state index contributed by atoms with van der Waals surface area (Å²) >= 11 is 0. The molecular formula is C78H53N3. The maximum absolute atomic E-state index is 2.41. The fourth-order valence-corrected chi connectivity index (χ4v) is 12.1. The van der Waals surface area contributed by atoms with Gasteiger partial charge in [-0.15, -0.1) is 0 Å². The van der Waals surface area contributed by atoms with Gasteiger partial charge in [-0.3, -0.25) is 0 Å². The largest absolute Gasteiger partial charge is 0.311 e. The summed E-state index contributed by atoms with van der Waals surface area (Å²) in [4.78, 5) is 2.35. The van der Waals surface area contributed by atoms with Gasteiger partial charge in [-0.25, -0.2) is 0 Å². The van der Waals surface area contributed by atoms with Gasteiger partial charge >= 0.3 is 0 Å². The molecule has 0 atom stereocenters. The molecule has 0 bridgehead atoms. The molecule has 15 rings (SSSR count). The number of hydrogen-bond donors (Lipinski definition) is 0. The molecule has 2 aromatic heterocycles. The molecule has 15 aromatic rings. The van der Waals surface area contributed by atoms with E-state index in [1.165, 1.54) is 65.9 Å². The van der Waals surface area contributed by atoms with Gasteiger partial charge in [0.25, 0.3) is 0 Å². The van der Waals surface area contributed by atoms with Crippen LogP contribution in [0, 0.1) is 0 Å². The molecule has 3 heteroatoms. The van der Waals surface area contributed by atoms with E-state index >= 15 is 0 Å². The Morgan fingerprint density at radius 1 is 0.173 bits per heavy atom. The van der Waals surface area contributed by atoms with Crippen LogP contribution in [0.15, 0.2) is 322 Å². The lowest BCUT2D eigenvalue weighted by atomic mass is 9.92. The lowest BCUT2D eigenvalue weighted by Crippen LogP contribution is -2.09. The highest BCUT2D eigenvalue weighted by Gasteiger charge is 2.19. The van der Waals surface area contributed by atoms with E-state index < -0.39 is 0 Å². The summed E-state index contributed by atoms with van der Waals surface area (Å²) in [5.41, 5.74) is 24.4. The highest BCUT2D eigenvalue weighted by atomic mass is 15.1. The van der Waals surface area contributed by atoms with E-state index in [-0.39, 0.29) is 0 Å². The van der Waals surface area contributed by atoms with Gasteiger partial charge in [0.2, 0.25) is 0 Å². The van der Waals surface area contributed by atoms with Gasteiger partial charge in [0.05, 0.1) is 22.1 Å². The van der Waals surface area contributed by atoms with E-state index in [2.05, 4.69) is 336 Å². The Balaban J connectivity index is 0.819. The summed E-state index contributed by atoms with van der Waals surface area (Å²) in [5, 5.41) is 4.96. The van der Waals surface area contributed by atoms with E-state index in [0.717, 1.165) is 72.9 Å². The number of aromatic nitrogens is 2. The maximum atomic E-state index is 2.41. The Morgan fingerprint density at radius 2 is 0.432 bits per heavy atom. The normalized spacial score (nSPS) is 11.5. The fraction of sp³-hybridized carbons (Fsp3) is 0. The van der Waals surface area contributed by atoms with Crippen LogP contribution in [0.2, 0.25) is 0 Å². The van der Waals surface area contributed by atoms with Gasteiger partial charge in [0, 0.05) is 50.0 Å². The Bertz CT molecular complexity index is 4480. The minimum atomic E-state index is 1.09. The molecule has 2 heterocycles. The van der Waals surface area contributed by atoms with Crippen molar-refractivity contribution in [2.24, 2.45) is 0 Å². The maximum Gasteiger partial charge on any atom is 0.0547 e. The summed E-state index contributed by atoms with van der Waals surface area (Å²) in [6.45, 7) is 0. The molecule has 0 amide bonds. The van der Waals surface area contributed by atoms with Crippen LogP contribution in [0.25, 0.3) is 122 Å². The van der Waals surface area contributed by atoms with Crippen LogP contribution in [-0.2, 0) is 0 Å². The molecule has 0 unspecified atom stereocenters. The van der Waals surface area contributed by atoms with Gasteiger partial charge < -0.3 is 14.0 Å². The van der Waals surface area contributed by atoms with Crippen LogP contribution in [-0.4, -0.2) is 9.13 Å². The van der Waals surface area contributed by atoms with Crippen LogP contribution in [0.5, 0.6) is 0 Å². The molecule has 0 radical (unpaired) electrons. The molecule has 13 aromatic carbocycles. The van der Waals surface area contributed by atoms with Crippen molar-refractivity contribution in [2.75, 3.05) is 4.90 Å². The van der Waals surface area contributed by atoms with Crippen LogP contribution >= 0.6 is 0 Å². The number of nitrogens with zero attached hydrogens (tertiary/aromatic N) is 3. The first-order chi connectivity index (χ1) is 40.1. The molecular weight excluding hydrogens is 979 g/mol. The highest BCUT2D eigenvalue weighted by Crippen LogP contribution is 2.42. The average Bonchev–Trinajstić information content (AvgIpc) is 4.31. The molecule has 0 aliphatic carbocycles. The Labute approximate surface area is 471 Å². The zero-order chi connectivity index (χ0) is 53.6. The number of para-hydroxylation sites is 4. The Morgan fingerprint density at radius 3 is 0.802 bits per heavy atom. The number of benzene rings is 13. The van der Waals surface area contributed by atoms with Crippen molar-refractivity contribution in [3.8, 4) is 78.1 Å². The lowest BCUT2D eigenvalue weighted by Gasteiger charge is -2.26. The molecule has 3 nitrogen and oxygen atoms in total. The van der Waals surface area contributed by atoms with Gasteiger partial charge in [-0.05, 0) is 170 Å². The van der Waals surface area contributed by atoms with Crippen molar-refractivity contribution in [1.29, 1.82) is 0 Å². The topological polar surface area (TPSA) is 13.1 Å². The van der Waals surface area contributed by atoms with Crippen molar-refractivity contribution < 1.29 is 0 Å². The van der Waals surface area contributed by atoms with E-state index in [1.807, 2.05) is 0 Å². The minimum absolute atomic E-state index is 1.09. The second-order valence-corrected chi connectivity index (χ2v) is 20.9. The Hall–Kier alpha value is -10.7.